The van der Waals surface area contributed by atoms with Crippen LogP contribution in [0, 0.1) is 0 Å². The molecule has 0 bridgehead atoms. The standard InChI is InChI=1S/C9H19NOS/c1-3-12-7-8(2)10-9-4-5-11-6-9/h8-10H,3-7H2,1-2H3. The van der Waals surface area contributed by atoms with Gasteiger partial charge in [-0.15, -0.1) is 0 Å². The summed E-state index contributed by atoms with van der Waals surface area (Å²) in [4.78, 5) is 0. The summed E-state index contributed by atoms with van der Waals surface area (Å²) in [5, 5.41) is 3.57. The van der Waals surface area contributed by atoms with Gasteiger partial charge in [0.05, 0.1) is 6.61 Å². The van der Waals surface area contributed by atoms with Crippen LogP contribution in [0.25, 0.3) is 0 Å². The summed E-state index contributed by atoms with van der Waals surface area (Å²) in [7, 11) is 0. The molecule has 72 valence electrons. The third-order valence-electron chi connectivity index (χ3n) is 2.02. The predicted molar refractivity (Wildman–Crippen MR) is 54.8 cm³/mol. The molecule has 0 aromatic heterocycles. The van der Waals surface area contributed by atoms with Gasteiger partial charge in [-0.3, -0.25) is 0 Å². The van der Waals surface area contributed by atoms with Crippen LogP contribution >= 0.6 is 11.8 Å². The van der Waals surface area contributed by atoms with Crippen LogP contribution in [0.15, 0.2) is 0 Å². The van der Waals surface area contributed by atoms with Crippen molar-refractivity contribution >= 4 is 11.8 Å². The van der Waals surface area contributed by atoms with Gasteiger partial charge in [-0.1, -0.05) is 6.92 Å². The Bertz CT molecular complexity index is 115. The van der Waals surface area contributed by atoms with E-state index in [4.69, 9.17) is 4.74 Å². The summed E-state index contributed by atoms with van der Waals surface area (Å²) in [5.41, 5.74) is 0. The monoisotopic (exact) mass is 189 g/mol. The summed E-state index contributed by atoms with van der Waals surface area (Å²) in [5.74, 6) is 2.43. The van der Waals surface area contributed by atoms with Gasteiger partial charge in [-0.05, 0) is 19.1 Å². The molecule has 0 saturated carbocycles. The van der Waals surface area contributed by atoms with E-state index in [9.17, 15) is 0 Å². The van der Waals surface area contributed by atoms with Crippen LogP contribution in [-0.2, 0) is 4.74 Å². The average Bonchev–Trinajstić information content (AvgIpc) is 2.53. The first-order valence-corrected chi connectivity index (χ1v) is 5.90. The highest BCUT2D eigenvalue weighted by Crippen LogP contribution is 2.07. The van der Waals surface area contributed by atoms with E-state index in [0.29, 0.717) is 12.1 Å². The van der Waals surface area contributed by atoms with Gasteiger partial charge in [-0.2, -0.15) is 11.8 Å². The van der Waals surface area contributed by atoms with Gasteiger partial charge in [0.2, 0.25) is 0 Å². The molecule has 0 radical (unpaired) electrons. The molecule has 3 heteroatoms. The summed E-state index contributed by atoms with van der Waals surface area (Å²) in [6.07, 6.45) is 1.18. The Morgan fingerprint density at radius 1 is 1.67 bits per heavy atom. The number of nitrogens with one attached hydrogen (secondary N) is 1. The third-order valence-corrected chi connectivity index (χ3v) is 3.17. The Morgan fingerprint density at radius 3 is 3.08 bits per heavy atom. The van der Waals surface area contributed by atoms with Gasteiger partial charge >= 0.3 is 0 Å². The van der Waals surface area contributed by atoms with Crippen molar-refractivity contribution in [1.29, 1.82) is 0 Å². The normalized spacial score (nSPS) is 26.0. The minimum absolute atomic E-state index is 0.609. The second-order valence-corrected chi connectivity index (χ2v) is 4.61. The zero-order valence-corrected chi connectivity index (χ0v) is 8.82. The molecule has 0 aliphatic carbocycles. The highest BCUT2D eigenvalue weighted by Gasteiger charge is 2.16. The lowest BCUT2D eigenvalue weighted by atomic mass is 10.2. The van der Waals surface area contributed by atoms with E-state index in [1.165, 1.54) is 17.9 Å². The highest BCUT2D eigenvalue weighted by molar-refractivity contribution is 7.99. The predicted octanol–water partition coefficient (Wildman–Crippen LogP) is 1.51. The SMILES string of the molecule is CCSCC(C)NC1CCOC1. The van der Waals surface area contributed by atoms with Crippen LogP contribution in [0.3, 0.4) is 0 Å². The van der Waals surface area contributed by atoms with Gasteiger partial charge in [0.1, 0.15) is 0 Å². The molecule has 1 aliphatic heterocycles. The fourth-order valence-corrected chi connectivity index (χ4v) is 2.10. The van der Waals surface area contributed by atoms with E-state index in [0.717, 1.165) is 13.2 Å². The van der Waals surface area contributed by atoms with Gasteiger partial charge in [0.25, 0.3) is 0 Å². The molecule has 12 heavy (non-hydrogen) atoms. The molecule has 0 amide bonds. The number of thioether (sulfide) groups is 1. The second kappa shape index (κ2) is 5.84. The molecule has 2 unspecified atom stereocenters. The third kappa shape index (κ3) is 3.78. The molecule has 1 N–H and O–H groups in total. The van der Waals surface area contributed by atoms with Crippen LogP contribution in [0.1, 0.15) is 20.3 Å². The van der Waals surface area contributed by atoms with Crippen molar-refractivity contribution < 1.29 is 4.74 Å². The number of ether oxygens (including phenoxy) is 1. The van der Waals surface area contributed by atoms with Crippen molar-refractivity contribution in [1.82, 2.24) is 5.32 Å². The Morgan fingerprint density at radius 2 is 2.50 bits per heavy atom. The summed E-state index contributed by atoms with van der Waals surface area (Å²) in [6, 6.07) is 1.24. The van der Waals surface area contributed by atoms with Crippen LogP contribution in [0.2, 0.25) is 0 Å². The van der Waals surface area contributed by atoms with Crippen LogP contribution in [0.5, 0.6) is 0 Å². The molecule has 0 aromatic rings. The maximum atomic E-state index is 5.29. The number of rotatable bonds is 5. The maximum absolute atomic E-state index is 5.29. The lowest BCUT2D eigenvalue weighted by Gasteiger charge is -2.17. The molecular formula is C9H19NOS. The minimum atomic E-state index is 0.609. The van der Waals surface area contributed by atoms with Gasteiger partial charge in [0, 0.05) is 24.4 Å². The lowest BCUT2D eigenvalue weighted by Crippen LogP contribution is -2.38. The first-order valence-electron chi connectivity index (χ1n) is 4.74. The molecule has 1 fully saturated rings. The molecule has 0 spiro atoms. The Hall–Kier alpha value is 0.270. The van der Waals surface area contributed by atoms with Crippen LogP contribution in [0.4, 0.5) is 0 Å². The Kier molecular flexibility index (Phi) is 5.04. The fourth-order valence-electron chi connectivity index (χ4n) is 1.41. The molecule has 1 saturated heterocycles. The largest absolute Gasteiger partial charge is 0.380 e. The molecule has 2 nitrogen and oxygen atoms in total. The molecule has 1 rings (SSSR count). The van der Waals surface area contributed by atoms with Crippen LogP contribution in [-0.4, -0.2) is 36.8 Å². The molecule has 1 heterocycles. The first-order chi connectivity index (χ1) is 5.83. The van der Waals surface area contributed by atoms with E-state index in [-0.39, 0.29) is 0 Å². The van der Waals surface area contributed by atoms with Crippen LogP contribution < -0.4 is 5.32 Å². The maximum Gasteiger partial charge on any atom is 0.0620 e. The zero-order valence-electron chi connectivity index (χ0n) is 8.01. The van der Waals surface area contributed by atoms with Crippen molar-refractivity contribution in [2.45, 2.75) is 32.4 Å². The highest BCUT2D eigenvalue weighted by atomic mass is 32.2. The average molecular weight is 189 g/mol. The molecular weight excluding hydrogens is 170 g/mol. The molecule has 0 aromatic carbocycles. The van der Waals surface area contributed by atoms with Gasteiger partial charge < -0.3 is 10.1 Å². The minimum Gasteiger partial charge on any atom is -0.380 e. The molecule has 1 aliphatic rings. The van der Waals surface area contributed by atoms with E-state index in [1.807, 2.05) is 11.8 Å². The topological polar surface area (TPSA) is 21.3 Å². The smallest absolute Gasteiger partial charge is 0.0620 e. The Labute approximate surface area is 79.4 Å². The van der Waals surface area contributed by atoms with E-state index in [2.05, 4.69) is 19.2 Å². The summed E-state index contributed by atoms with van der Waals surface area (Å²) < 4.78 is 5.29. The number of hydrogen-bond acceptors (Lipinski definition) is 3. The summed E-state index contributed by atoms with van der Waals surface area (Å²) >= 11 is 2.00. The Balaban J connectivity index is 2.03. The van der Waals surface area contributed by atoms with Crippen molar-refractivity contribution in [2.24, 2.45) is 0 Å². The lowest BCUT2D eigenvalue weighted by molar-refractivity contribution is 0.189. The van der Waals surface area contributed by atoms with Crippen molar-refractivity contribution in [2.75, 3.05) is 24.7 Å². The second-order valence-electron chi connectivity index (χ2n) is 3.29. The zero-order chi connectivity index (χ0) is 8.81. The number of hydrogen-bond donors (Lipinski definition) is 1. The van der Waals surface area contributed by atoms with Gasteiger partial charge in [-0.25, -0.2) is 0 Å². The van der Waals surface area contributed by atoms with E-state index in [1.54, 1.807) is 0 Å². The summed E-state index contributed by atoms with van der Waals surface area (Å²) in [6.45, 7) is 6.30. The van der Waals surface area contributed by atoms with Crippen molar-refractivity contribution in [3.63, 3.8) is 0 Å². The van der Waals surface area contributed by atoms with Gasteiger partial charge in [0.15, 0.2) is 0 Å². The van der Waals surface area contributed by atoms with E-state index < -0.39 is 0 Å². The quantitative estimate of drug-likeness (QED) is 0.708. The first kappa shape index (κ1) is 10.4. The van der Waals surface area contributed by atoms with Crippen molar-refractivity contribution in [3.05, 3.63) is 0 Å². The van der Waals surface area contributed by atoms with Crippen molar-refractivity contribution in [3.8, 4) is 0 Å². The fraction of sp³-hybridized carbons (Fsp3) is 1.00. The van der Waals surface area contributed by atoms with E-state index >= 15 is 0 Å². The molecule has 2 atom stereocenters.